The van der Waals surface area contributed by atoms with E-state index in [0.29, 0.717) is 19.3 Å². The molecule has 2 aliphatic carbocycles. The highest BCUT2D eigenvalue weighted by atomic mass is 19.3. The molecule has 0 heterocycles. The SMILES string of the molecule is O=C(CC1CC1(F)F)NCCCOC1CCCC1. The monoisotopic (exact) mass is 261 g/mol. The molecule has 1 N–H and O–H groups in total. The Labute approximate surface area is 106 Å². The van der Waals surface area contributed by atoms with Crippen LogP contribution in [0.3, 0.4) is 0 Å². The van der Waals surface area contributed by atoms with Crippen LogP contribution < -0.4 is 5.32 Å². The summed E-state index contributed by atoms with van der Waals surface area (Å²) in [7, 11) is 0. The van der Waals surface area contributed by atoms with Crippen molar-refractivity contribution in [3.8, 4) is 0 Å². The first-order chi connectivity index (χ1) is 8.58. The zero-order valence-electron chi connectivity index (χ0n) is 10.6. The van der Waals surface area contributed by atoms with Crippen molar-refractivity contribution in [2.75, 3.05) is 13.2 Å². The van der Waals surface area contributed by atoms with E-state index in [2.05, 4.69) is 5.32 Å². The number of rotatable bonds is 7. The fourth-order valence-corrected chi connectivity index (χ4v) is 2.39. The Morgan fingerprint density at radius 2 is 2.00 bits per heavy atom. The Morgan fingerprint density at radius 1 is 1.33 bits per heavy atom. The van der Waals surface area contributed by atoms with E-state index in [9.17, 15) is 13.6 Å². The fraction of sp³-hybridized carbons (Fsp3) is 0.923. The predicted molar refractivity (Wildman–Crippen MR) is 63.5 cm³/mol. The number of carbonyl (C=O) groups excluding carboxylic acids is 1. The molecule has 0 aliphatic heterocycles. The molecule has 1 unspecified atom stereocenters. The van der Waals surface area contributed by atoms with Crippen molar-refractivity contribution in [1.29, 1.82) is 0 Å². The van der Waals surface area contributed by atoms with E-state index in [-0.39, 0.29) is 18.7 Å². The minimum Gasteiger partial charge on any atom is -0.378 e. The maximum atomic E-state index is 12.6. The van der Waals surface area contributed by atoms with E-state index in [1.54, 1.807) is 0 Å². The second-order valence-electron chi connectivity index (χ2n) is 5.35. The average Bonchev–Trinajstić information content (AvgIpc) is 2.75. The van der Waals surface area contributed by atoms with Crippen molar-refractivity contribution in [1.82, 2.24) is 5.32 Å². The molecule has 0 spiro atoms. The molecule has 104 valence electrons. The molecule has 0 bridgehead atoms. The zero-order valence-corrected chi connectivity index (χ0v) is 10.6. The summed E-state index contributed by atoms with van der Waals surface area (Å²) in [5.74, 6) is -3.59. The number of ether oxygens (including phenoxy) is 1. The van der Waals surface area contributed by atoms with Crippen LogP contribution in [-0.4, -0.2) is 31.1 Å². The fourth-order valence-electron chi connectivity index (χ4n) is 2.39. The minimum absolute atomic E-state index is 0.0452. The Balaban J connectivity index is 1.44. The van der Waals surface area contributed by atoms with Crippen LogP contribution in [0.1, 0.15) is 44.9 Å². The molecule has 0 aromatic heterocycles. The van der Waals surface area contributed by atoms with E-state index >= 15 is 0 Å². The summed E-state index contributed by atoms with van der Waals surface area (Å²) in [5.41, 5.74) is 0. The zero-order chi connectivity index (χ0) is 13.0. The number of carbonyl (C=O) groups is 1. The van der Waals surface area contributed by atoms with Crippen molar-refractivity contribution < 1.29 is 18.3 Å². The normalized spacial score (nSPS) is 26.2. The smallest absolute Gasteiger partial charge is 0.252 e. The third-order valence-corrected chi connectivity index (χ3v) is 3.69. The highest BCUT2D eigenvalue weighted by Crippen LogP contribution is 2.50. The summed E-state index contributed by atoms with van der Waals surface area (Å²) in [5, 5.41) is 2.66. The summed E-state index contributed by atoms with van der Waals surface area (Å²) >= 11 is 0. The second kappa shape index (κ2) is 5.95. The number of nitrogens with one attached hydrogen (secondary N) is 1. The molecule has 0 saturated heterocycles. The van der Waals surface area contributed by atoms with E-state index in [4.69, 9.17) is 4.74 Å². The molecule has 2 fully saturated rings. The van der Waals surface area contributed by atoms with Gasteiger partial charge in [0.25, 0.3) is 5.92 Å². The van der Waals surface area contributed by atoms with Crippen LogP contribution >= 0.6 is 0 Å². The Kier molecular flexibility index (Phi) is 4.54. The molecular weight excluding hydrogens is 240 g/mol. The molecule has 2 aliphatic rings. The topological polar surface area (TPSA) is 38.3 Å². The standard InChI is InChI=1S/C13H21F2NO2/c14-13(15)9-10(13)8-12(17)16-6-3-7-18-11-4-1-2-5-11/h10-11H,1-9H2,(H,16,17). The molecule has 1 atom stereocenters. The van der Waals surface area contributed by atoms with Gasteiger partial charge in [-0.25, -0.2) is 8.78 Å². The van der Waals surface area contributed by atoms with Gasteiger partial charge in [0, 0.05) is 31.9 Å². The average molecular weight is 261 g/mol. The maximum absolute atomic E-state index is 12.6. The van der Waals surface area contributed by atoms with Crippen LogP contribution in [0.25, 0.3) is 0 Å². The first kappa shape index (κ1) is 13.7. The lowest BCUT2D eigenvalue weighted by Crippen LogP contribution is -2.26. The van der Waals surface area contributed by atoms with Gasteiger partial charge in [0.05, 0.1) is 6.10 Å². The lowest BCUT2D eigenvalue weighted by molar-refractivity contribution is -0.122. The van der Waals surface area contributed by atoms with Gasteiger partial charge < -0.3 is 10.1 Å². The summed E-state index contributed by atoms with van der Waals surface area (Å²) in [4.78, 5) is 11.3. The van der Waals surface area contributed by atoms with E-state index in [0.717, 1.165) is 19.3 Å². The second-order valence-corrected chi connectivity index (χ2v) is 5.35. The first-order valence-electron chi connectivity index (χ1n) is 6.84. The van der Waals surface area contributed by atoms with E-state index in [1.165, 1.54) is 12.8 Å². The summed E-state index contributed by atoms with van der Waals surface area (Å²) in [6.45, 7) is 1.16. The number of amides is 1. The van der Waals surface area contributed by atoms with E-state index < -0.39 is 11.8 Å². The molecule has 18 heavy (non-hydrogen) atoms. The quantitative estimate of drug-likeness (QED) is 0.715. The Bertz CT molecular complexity index is 291. The van der Waals surface area contributed by atoms with Gasteiger partial charge >= 0.3 is 0 Å². The van der Waals surface area contributed by atoms with Crippen molar-refractivity contribution in [2.24, 2.45) is 5.92 Å². The van der Waals surface area contributed by atoms with Crippen LogP contribution in [0.5, 0.6) is 0 Å². The lowest BCUT2D eigenvalue weighted by Gasteiger charge is -2.11. The van der Waals surface area contributed by atoms with Crippen molar-refractivity contribution in [2.45, 2.75) is 57.0 Å². The van der Waals surface area contributed by atoms with Crippen molar-refractivity contribution in [3.05, 3.63) is 0 Å². The predicted octanol–water partition coefficient (Wildman–Crippen LogP) is 2.50. The number of hydrogen-bond donors (Lipinski definition) is 1. The van der Waals surface area contributed by atoms with Gasteiger partial charge in [0.2, 0.25) is 5.91 Å². The minimum atomic E-state index is -2.59. The van der Waals surface area contributed by atoms with Crippen LogP contribution in [0, 0.1) is 5.92 Å². The molecule has 2 saturated carbocycles. The van der Waals surface area contributed by atoms with Gasteiger partial charge in [-0.15, -0.1) is 0 Å². The summed E-state index contributed by atoms with van der Waals surface area (Å²) in [6, 6.07) is 0. The number of hydrogen-bond acceptors (Lipinski definition) is 2. The Morgan fingerprint density at radius 3 is 2.61 bits per heavy atom. The first-order valence-corrected chi connectivity index (χ1v) is 6.84. The molecule has 3 nitrogen and oxygen atoms in total. The Hall–Kier alpha value is -0.710. The molecule has 5 heteroatoms. The summed E-state index contributed by atoms with van der Waals surface area (Å²) < 4.78 is 30.8. The number of alkyl halides is 2. The van der Waals surface area contributed by atoms with Gasteiger partial charge in [0.15, 0.2) is 0 Å². The molecule has 1 amide bonds. The van der Waals surface area contributed by atoms with Gasteiger partial charge in [-0.3, -0.25) is 4.79 Å². The summed E-state index contributed by atoms with van der Waals surface area (Å²) in [6.07, 6.45) is 5.75. The van der Waals surface area contributed by atoms with Gasteiger partial charge in [0.1, 0.15) is 0 Å². The molecule has 0 radical (unpaired) electrons. The number of halogens is 2. The molecule has 0 aromatic carbocycles. The van der Waals surface area contributed by atoms with Crippen LogP contribution in [0.15, 0.2) is 0 Å². The van der Waals surface area contributed by atoms with E-state index in [1.807, 2.05) is 0 Å². The van der Waals surface area contributed by atoms with Crippen molar-refractivity contribution in [3.63, 3.8) is 0 Å². The molecule has 2 rings (SSSR count). The van der Waals surface area contributed by atoms with Gasteiger partial charge in [-0.1, -0.05) is 12.8 Å². The highest BCUT2D eigenvalue weighted by molar-refractivity contribution is 5.76. The van der Waals surface area contributed by atoms with Crippen LogP contribution in [0.2, 0.25) is 0 Å². The third-order valence-electron chi connectivity index (χ3n) is 3.69. The largest absolute Gasteiger partial charge is 0.378 e. The molecule has 0 aromatic rings. The van der Waals surface area contributed by atoms with Gasteiger partial charge in [-0.2, -0.15) is 0 Å². The van der Waals surface area contributed by atoms with Crippen molar-refractivity contribution >= 4 is 5.91 Å². The molecular formula is C13H21F2NO2. The third kappa shape index (κ3) is 4.19. The van der Waals surface area contributed by atoms with Gasteiger partial charge in [-0.05, 0) is 19.3 Å². The maximum Gasteiger partial charge on any atom is 0.252 e. The van der Waals surface area contributed by atoms with Crippen LogP contribution in [-0.2, 0) is 9.53 Å². The van der Waals surface area contributed by atoms with Crippen LogP contribution in [0.4, 0.5) is 8.78 Å². The lowest BCUT2D eigenvalue weighted by atomic mass is 10.2. The highest BCUT2D eigenvalue weighted by Gasteiger charge is 2.57.